The average Bonchev–Trinajstić information content (AvgIpc) is 3.06. The molecule has 5 heterocycles. The zero-order chi connectivity index (χ0) is 18.5. The number of urea groups is 1. The van der Waals surface area contributed by atoms with Gasteiger partial charge in [-0.05, 0) is 37.6 Å². The molecule has 0 radical (unpaired) electrons. The number of fused-ring (bicyclic) bond motifs is 4. The predicted octanol–water partition coefficient (Wildman–Crippen LogP) is 1.55. The van der Waals surface area contributed by atoms with Crippen LogP contribution in [0.15, 0.2) is 22.7 Å². The highest BCUT2D eigenvalue weighted by atomic mass is 16.5. The molecular weight excluding hydrogens is 346 g/mol. The predicted molar refractivity (Wildman–Crippen MR) is 99.4 cm³/mol. The van der Waals surface area contributed by atoms with Crippen molar-refractivity contribution in [3.05, 3.63) is 23.8 Å². The van der Waals surface area contributed by atoms with E-state index in [9.17, 15) is 9.59 Å². The maximum atomic E-state index is 12.2. The first kappa shape index (κ1) is 16.7. The minimum absolute atomic E-state index is 0.255. The van der Waals surface area contributed by atoms with Gasteiger partial charge in [-0.2, -0.15) is 0 Å². The summed E-state index contributed by atoms with van der Waals surface area (Å²) in [5.41, 5.74) is 1.84. The Hall–Kier alpha value is -2.45. The number of amides is 3. The highest BCUT2D eigenvalue weighted by molar-refractivity contribution is 6.08. The van der Waals surface area contributed by atoms with Gasteiger partial charge in [-0.15, -0.1) is 0 Å². The van der Waals surface area contributed by atoms with E-state index >= 15 is 0 Å². The zero-order valence-corrected chi connectivity index (χ0v) is 15.4. The molecule has 1 N–H and O–H groups in total. The summed E-state index contributed by atoms with van der Waals surface area (Å²) in [5, 5.41) is 7.24. The second-order valence-electron chi connectivity index (χ2n) is 7.85. The van der Waals surface area contributed by atoms with Crippen LogP contribution in [0.3, 0.4) is 0 Å². The number of carbonyl (C=O) groups is 2. The fourth-order valence-electron chi connectivity index (χ4n) is 4.59. The molecule has 4 saturated heterocycles. The minimum atomic E-state index is -0.441. The number of nitrogens with zero attached hydrogens (tertiary/aromatic N) is 4. The smallest absolute Gasteiger partial charge is 0.329 e. The quantitative estimate of drug-likeness (QED) is 0.884. The summed E-state index contributed by atoms with van der Waals surface area (Å²) in [4.78, 5) is 30.1. The van der Waals surface area contributed by atoms with E-state index in [1.54, 1.807) is 0 Å². The summed E-state index contributed by atoms with van der Waals surface area (Å²) in [5.74, 6) is 0.228. The van der Waals surface area contributed by atoms with Crippen molar-refractivity contribution in [2.24, 2.45) is 0 Å². The highest BCUT2D eigenvalue weighted by Gasteiger charge is 2.37. The molecule has 3 amide bonds. The van der Waals surface area contributed by atoms with E-state index in [2.05, 4.69) is 39.5 Å². The number of likely N-dealkylation sites (N-methyl/N-ethyl adjacent to an activating group) is 1. The van der Waals surface area contributed by atoms with Crippen molar-refractivity contribution in [3.63, 3.8) is 0 Å². The number of anilines is 1. The third-order valence-electron chi connectivity index (χ3n) is 6.13. The lowest BCUT2D eigenvalue weighted by Crippen LogP contribution is -2.60. The first-order valence-electron chi connectivity index (χ1n) is 9.52. The molecule has 0 unspecified atom stereocenters. The fourth-order valence-corrected chi connectivity index (χ4v) is 4.59. The molecule has 0 spiro atoms. The Morgan fingerprint density at radius 2 is 2.07 bits per heavy atom. The molecule has 1 aromatic heterocycles. The van der Waals surface area contributed by atoms with Gasteiger partial charge in [0.2, 0.25) is 5.91 Å². The molecule has 142 valence electrons. The number of piperazine rings is 1. The average molecular weight is 369 g/mol. The summed E-state index contributed by atoms with van der Waals surface area (Å²) in [7, 11) is 2.22. The molecule has 0 aliphatic carbocycles. The SMILES string of the molecule is CN1C[C@@H]2CC[C@H]1CN2Cc1ccc2onc(N3CCC(=O)NC3=O)c2c1. The number of imide groups is 1. The molecule has 2 bridgehead atoms. The van der Waals surface area contributed by atoms with Crippen LogP contribution in [0.5, 0.6) is 0 Å². The van der Waals surface area contributed by atoms with E-state index in [-0.39, 0.29) is 12.3 Å². The first-order chi connectivity index (χ1) is 13.1. The van der Waals surface area contributed by atoms with Gasteiger partial charge in [0.15, 0.2) is 11.4 Å². The van der Waals surface area contributed by atoms with Crippen LogP contribution in [0.25, 0.3) is 11.0 Å². The summed E-state index contributed by atoms with van der Waals surface area (Å²) in [6.07, 6.45) is 2.82. The van der Waals surface area contributed by atoms with Gasteiger partial charge in [0.25, 0.3) is 0 Å². The van der Waals surface area contributed by atoms with Gasteiger partial charge < -0.3 is 9.42 Å². The van der Waals surface area contributed by atoms with E-state index < -0.39 is 6.03 Å². The van der Waals surface area contributed by atoms with E-state index in [1.165, 1.54) is 23.3 Å². The second-order valence-corrected chi connectivity index (χ2v) is 7.85. The van der Waals surface area contributed by atoms with Gasteiger partial charge in [-0.1, -0.05) is 11.2 Å². The van der Waals surface area contributed by atoms with E-state index in [0.717, 1.165) is 25.0 Å². The minimum Gasteiger partial charge on any atom is -0.354 e. The molecule has 4 fully saturated rings. The molecule has 8 heteroatoms. The molecule has 2 aromatic rings. The van der Waals surface area contributed by atoms with Crippen LogP contribution >= 0.6 is 0 Å². The molecule has 0 saturated carbocycles. The van der Waals surface area contributed by atoms with Gasteiger partial charge in [-0.25, -0.2) is 4.79 Å². The maximum absolute atomic E-state index is 12.2. The van der Waals surface area contributed by atoms with Gasteiger partial charge in [-0.3, -0.25) is 19.9 Å². The lowest BCUT2D eigenvalue weighted by Gasteiger charge is -2.50. The monoisotopic (exact) mass is 369 g/mol. The molecule has 4 aliphatic rings. The highest BCUT2D eigenvalue weighted by Crippen LogP contribution is 2.31. The normalized spacial score (nSPS) is 26.8. The van der Waals surface area contributed by atoms with Crippen molar-refractivity contribution in [2.45, 2.75) is 37.9 Å². The van der Waals surface area contributed by atoms with E-state index in [1.807, 2.05) is 6.07 Å². The van der Waals surface area contributed by atoms with Crippen LogP contribution in [0, 0.1) is 0 Å². The topological polar surface area (TPSA) is 81.9 Å². The first-order valence-corrected chi connectivity index (χ1v) is 9.52. The van der Waals surface area contributed by atoms with Crippen molar-refractivity contribution < 1.29 is 14.1 Å². The number of hydrogen-bond donors (Lipinski definition) is 1. The Labute approximate surface area is 157 Å². The number of aromatic nitrogens is 1. The van der Waals surface area contributed by atoms with Crippen molar-refractivity contribution >= 4 is 28.7 Å². The van der Waals surface area contributed by atoms with E-state index in [4.69, 9.17) is 4.52 Å². The molecule has 6 rings (SSSR count). The zero-order valence-electron chi connectivity index (χ0n) is 15.4. The Morgan fingerprint density at radius 3 is 2.81 bits per heavy atom. The summed E-state index contributed by atoms with van der Waals surface area (Å²) in [6, 6.07) is 6.88. The molecule has 27 heavy (non-hydrogen) atoms. The number of carbonyl (C=O) groups excluding carboxylic acids is 2. The largest absolute Gasteiger partial charge is 0.354 e. The maximum Gasteiger partial charge on any atom is 0.329 e. The van der Waals surface area contributed by atoms with Crippen LogP contribution < -0.4 is 10.2 Å². The van der Waals surface area contributed by atoms with Crippen molar-refractivity contribution in [3.8, 4) is 0 Å². The third kappa shape index (κ3) is 2.89. The number of piperidine rings is 2. The van der Waals surface area contributed by atoms with Crippen molar-refractivity contribution in [1.29, 1.82) is 0 Å². The number of nitrogens with one attached hydrogen (secondary N) is 1. The lowest BCUT2D eigenvalue weighted by atomic mass is 9.91. The van der Waals surface area contributed by atoms with Gasteiger partial charge in [0, 0.05) is 44.7 Å². The molecule has 8 nitrogen and oxygen atoms in total. The second kappa shape index (κ2) is 6.31. The number of benzene rings is 1. The number of rotatable bonds is 3. The van der Waals surface area contributed by atoms with Gasteiger partial charge in [0.05, 0.1) is 5.39 Å². The van der Waals surface area contributed by atoms with Crippen LogP contribution in [-0.4, -0.2) is 65.7 Å². The van der Waals surface area contributed by atoms with Crippen molar-refractivity contribution in [2.75, 3.05) is 31.6 Å². The third-order valence-corrected chi connectivity index (χ3v) is 6.13. The summed E-state index contributed by atoms with van der Waals surface area (Å²) >= 11 is 0. The van der Waals surface area contributed by atoms with Crippen LogP contribution in [0.2, 0.25) is 0 Å². The Morgan fingerprint density at radius 1 is 1.22 bits per heavy atom. The van der Waals surface area contributed by atoms with E-state index in [0.29, 0.717) is 30.0 Å². The van der Waals surface area contributed by atoms with Gasteiger partial charge >= 0.3 is 6.03 Å². The van der Waals surface area contributed by atoms with Crippen LogP contribution in [0.1, 0.15) is 24.8 Å². The van der Waals surface area contributed by atoms with Gasteiger partial charge in [0.1, 0.15) is 0 Å². The summed E-state index contributed by atoms with van der Waals surface area (Å²) in [6.45, 7) is 3.44. The fraction of sp³-hybridized carbons (Fsp3) is 0.526. The van der Waals surface area contributed by atoms with Crippen LogP contribution in [-0.2, 0) is 11.3 Å². The molecule has 4 aliphatic heterocycles. The van der Waals surface area contributed by atoms with Crippen molar-refractivity contribution in [1.82, 2.24) is 20.3 Å². The molecule has 1 aromatic carbocycles. The van der Waals surface area contributed by atoms with Crippen LogP contribution in [0.4, 0.5) is 10.6 Å². The molecular formula is C19H23N5O3. The lowest BCUT2D eigenvalue weighted by molar-refractivity contribution is -0.120. The standard InChI is InChI=1S/C19H23N5O3/c1-22-10-14-4-3-13(22)11-23(14)9-12-2-5-16-15(8-12)18(21-27-16)24-7-6-17(25)20-19(24)26/h2,5,8,13-14H,3-4,6-7,9-11H2,1H3,(H,20,25,26)/t13-,14-/m0/s1. The Balaban J connectivity index is 1.40. The number of hydrogen-bond acceptors (Lipinski definition) is 6. The Kier molecular flexibility index (Phi) is 3.91. The Bertz CT molecular complexity index is 910. The molecule has 2 atom stereocenters. The summed E-state index contributed by atoms with van der Waals surface area (Å²) < 4.78 is 5.41.